The van der Waals surface area contributed by atoms with Crippen LogP contribution in [0, 0.1) is 17.1 Å². The molecule has 0 atom stereocenters. The third kappa shape index (κ3) is 3.08. The summed E-state index contributed by atoms with van der Waals surface area (Å²) in [4.78, 5) is 17.2. The van der Waals surface area contributed by atoms with E-state index in [1.807, 2.05) is 28.8 Å². The number of nitriles is 1. The van der Waals surface area contributed by atoms with Gasteiger partial charge in [0.1, 0.15) is 23.9 Å². The van der Waals surface area contributed by atoms with E-state index in [4.69, 9.17) is 10.5 Å². The Bertz CT molecular complexity index is 1290. The van der Waals surface area contributed by atoms with Crippen LogP contribution in [0.5, 0.6) is 5.75 Å². The first-order valence-electron chi connectivity index (χ1n) is 10.9. The Kier molecular flexibility index (Phi) is 4.97. The average Bonchev–Trinajstić information content (AvgIpc) is 3.28. The van der Waals surface area contributed by atoms with E-state index in [0.29, 0.717) is 24.4 Å². The van der Waals surface area contributed by atoms with Crippen LogP contribution >= 0.6 is 0 Å². The fourth-order valence-corrected chi connectivity index (χ4v) is 5.03. The zero-order valence-corrected chi connectivity index (χ0v) is 17.7. The first-order valence-corrected chi connectivity index (χ1v) is 10.9. The lowest BCUT2D eigenvalue weighted by Crippen LogP contribution is -2.41. The monoisotopic (exact) mass is 433 g/mol. The highest BCUT2D eigenvalue weighted by atomic mass is 19.1. The Balaban J connectivity index is 1.58. The number of benzene rings is 1. The zero-order valence-electron chi connectivity index (χ0n) is 17.7. The highest BCUT2D eigenvalue weighted by Crippen LogP contribution is 2.48. The van der Waals surface area contributed by atoms with Crippen molar-refractivity contribution in [2.24, 2.45) is 0 Å². The topological polar surface area (TPSA) is 106 Å². The Morgan fingerprint density at radius 2 is 2.16 bits per heavy atom. The molecular formula is C24H24FN5O2. The van der Waals surface area contributed by atoms with Crippen LogP contribution in [0.1, 0.15) is 43.4 Å². The molecule has 0 radical (unpaired) electrons. The highest BCUT2D eigenvalue weighted by Gasteiger charge is 2.42. The van der Waals surface area contributed by atoms with Crippen molar-refractivity contribution in [2.45, 2.75) is 44.1 Å². The van der Waals surface area contributed by atoms with Crippen molar-refractivity contribution in [3.8, 4) is 11.8 Å². The van der Waals surface area contributed by atoms with Crippen molar-refractivity contribution in [2.75, 3.05) is 24.2 Å². The average molecular weight is 433 g/mol. The third-order valence-electron chi connectivity index (χ3n) is 6.66. The van der Waals surface area contributed by atoms with Crippen molar-refractivity contribution in [1.82, 2.24) is 9.55 Å². The number of halogens is 1. The van der Waals surface area contributed by atoms with E-state index >= 15 is 4.39 Å². The first kappa shape index (κ1) is 20.3. The van der Waals surface area contributed by atoms with Gasteiger partial charge in [0.05, 0.1) is 22.1 Å². The summed E-state index contributed by atoms with van der Waals surface area (Å²) in [5.41, 5.74) is 6.58. The molecule has 7 nitrogen and oxygen atoms in total. The molecule has 2 aromatic heterocycles. The molecular weight excluding hydrogens is 409 g/mol. The van der Waals surface area contributed by atoms with E-state index in [9.17, 15) is 10.1 Å². The lowest BCUT2D eigenvalue weighted by molar-refractivity contribution is 0.143. The van der Waals surface area contributed by atoms with E-state index in [0.717, 1.165) is 44.2 Å². The zero-order chi connectivity index (χ0) is 22.3. The minimum Gasteiger partial charge on any atom is -0.487 e. The van der Waals surface area contributed by atoms with Crippen molar-refractivity contribution >= 4 is 22.3 Å². The highest BCUT2D eigenvalue weighted by molar-refractivity contribution is 6.01. The summed E-state index contributed by atoms with van der Waals surface area (Å²) < 4.78 is 23.5. The van der Waals surface area contributed by atoms with Crippen LogP contribution in [-0.4, -0.2) is 22.7 Å². The molecule has 0 bridgehead atoms. The number of anilines is 2. The number of aryl methyl sites for hydroxylation is 1. The van der Waals surface area contributed by atoms with Gasteiger partial charge >= 0.3 is 0 Å². The molecule has 1 aromatic carbocycles. The molecule has 3 aromatic rings. The molecule has 0 unspecified atom stereocenters. The summed E-state index contributed by atoms with van der Waals surface area (Å²) >= 11 is 0. The SMILES string of the molecule is N#Cc1cn2c3c(c(NCCCc4ccccn4)c(F)c(N)c3c1=O)OCC21CCCC1. The van der Waals surface area contributed by atoms with Crippen LogP contribution in [0.3, 0.4) is 0 Å². The Morgan fingerprint density at radius 3 is 2.88 bits per heavy atom. The fraction of sp³-hybridized carbons (Fsp3) is 0.375. The summed E-state index contributed by atoms with van der Waals surface area (Å²) in [7, 11) is 0. The number of nitrogens with two attached hydrogens (primary N) is 1. The number of pyridine rings is 2. The van der Waals surface area contributed by atoms with Crippen molar-refractivity contribution in [1.29, 1.82) is 5.26 Å². The summed E-state index contributed by atoms with van der Waals surface area (Å²) in [6.45, 7) is 0.856. The lowest BCUT2D eigenvalue weighted by Gasteiger charge is -2.39. The molecule has 0 saturated heterocycles. The van der Waals surface area contributed by atoms with Gasteiger partial charge in [0, 0.05) is 24.6 Å². The number of aromatic nitrogens is 2. The van der Waals surface area contributed by atoms with Crippen molar-refractivity contribution in [3.63, 3.8) is 0 Å². The van der Waals surface area contributed by atoms with Gasteiger partial charge in [0.15, 0.2) is 11.6 Å². The van der Waals surface area contributed by atoms with E-state index in [2.05, 4.69) is 10.3 Å². The van der Waals surface area contributed by atoms with Gasteiger partial charge in [0.25, 0.3) is 0 Å². The van der Waals surface area contributed by atoms with Crippen molar-refractivity contribution < 1.29 is 9.13 Å². The molecule has 8 heteroatoms. The van der Waals surface area contributed by atoms with Crippen LogP contribution in [0.15, 0.2) is 35.4 Å². The second kappa shape index (κ2) is 7.83. The molecule has 5 rings (SSSR count). The second-order valence-corrected chi connectivity index (χ2v) is 8.58. The maximum absolute atomic E-state index is 15.4. The largest absolute Gasteiger partial charge is 0.487 e. The molecule has 1 fully saturated rings. The number of nitrogens with zero attached hydrogens (tertiary/aromatic N) is 3. The number of rotatable bonds is 5. The summed E-state index contributed by atoms with van der Waals surface area (Å²) in [5.74, 6) is -0.421. The lowest BCUT2D eigenvalue weighted by atomic mass is 9.93. The van der Waals surface area contributed by atoms with Crippen LogP contribution in [-0.2, 0) is 12.0 Å². The number of ether oxygens (including phenoxy) is 1. The molecule has 1 saturated carbocycles. The summed E-state index contributed by atoms with van der Waals surface area (Å²) in [6, 6.07) is 7.71. The molecule has 3 N–H and O–H groups in total. The maximum Gasteiger partial charge on any atom is 0.209 e. The van der Waals surface area contributed by atoms with Crippen LogP contribution in [0.2, 0.25) is 0 Å². The van der Waals surface area contributed by atoms with Gasteiger partial charge in [0.2, 0.25) is 5.43 Å². The molecule has 1 aliphatic heterocycles. The van der Waals surface area contributed by atoms with Gasteiger partial charge in [-0.05, 0) is 37.8 Å². The Morgan fingerprint density at radius 1 is 1.34 bits per heavy atom. The first-order chi connectivity index (χ1) is 15.6. The normalized spacial score (nSPS) is 16.1. The number of nitrogen functional groups attached to an aromatic ring is 1. The van der Waals surface area contributed by atoms with Crippen LogP contribution in [0.25, 0.3) is 10.9 Å². The molecule has 2 aliphatic rings. The standard InChI is InChI=1S/C24H24FN5O2/c25-18-19(27)17-21-23(20(18)29-11-5-7-16-6-1-4-10-28-16)32-14-24(8-2-3-9-24)30(21)13-15(12-26)22(17)31/h1,4,6,10,13,29H,2-3,5,7-9,11,14,27H2. The van der Waals surface area contributed by atoms with Gasteiger partial charge < -0.3 is 20.4 Å². The number of hydrogen-bond donors (Lipinski definition) is 2. The minimum atomic E-state index is -0.716. The summed E-state index contributed by atoms with van der Waals surface area (Å²) in [5, 5.41) is 12.7. The number of nitrogens with one attached hydrogen (secondary N) is 1. The second-order valence-electron chi connectivity index (χ2n) is 8.58. The maximum atomic E-state index is 15.4. The third-order valence-corrected chi connectivity index (χ3v) is 6.66. The van der Waals surface area contributed by atoms with E-state index in [1.165, 1.54) is 0 Å². The molecule has 3 heterocycles. The summed E-state index contributed by atoms with van der Waals surface area (Å²) in [6.07, 6.45) is 8.64. The predicted molar refractivity (Wildman–Crippen MR) is 120 cm³/mol. The smallest absolute Gasteiger partial charge is 0.209 e. The molecule has 1 spiro atoms. The quantitative estimate of drug-likeness (QED) is 0.470. The van der Waals surface area contributed by atoms with Crippen molar-refractivity contribution in [3.05, 3.63) is 57.9 Å². The van der Waals surface area contributed by atoms with Crippen LogP contribution in [0.4, 0.5) is 15.8 Å². The van der Waals surface area contributed by atoms with Gasteiger partial charge in [-0.1, -0.05) is 18.9 Å². The molecule has 0 amide bonds. The van der Waals surface area contributed by atoms with E-state index in [1.54, 1.807) is 12.4 Å². The van der Waals surface area contributed by atoms with E-state index < -0.39 is 11.2 Å². The van der Waals surface area contributed by atoms with E-state index in [-0.39, 0.29) is 27.9 Å². The number of fused-ring (bicyclic) bond motifs is 1. The number of hydrogen-bond acceptors (Lipinski definition) is 6. The van der Waals surface area contributed by atoms with Crippen LogP contribution < -0.4 is 21.2 Å². The molecule has 32 heavy (non-hydrogen) atoms. The fourth-order valence-electron chi connectivity index (χ4n) is 5.03. The molecule has 1 aliphatic carbocycles. The Hall–Kier alpha value is -3.60. The molecule has 164 valence electrons. The van der Waals surface area contributed by atoms with Gasteiger partial charge in [-0.3, -0.25) is 9.78 Å². The van der Waals surface area contributed by atoms with Gasteiger partial charge in [-0.2, -0.15) is 5.26 Å². The van der Waals surface area contributed by atoms with Gasteiger partial charge in [-0.15, -0.1) is 0 Å². The Labute approximate surface area is 184 Å². The van der Waals surface area contributed by atoms with Gasteiger partial charge in [-0.25, -0.2) is 4.39 Å². The minimum absolute atomic E-state index is 0.0289. The predicted octanol–water partition coefficient (Wildman–Crippen LogP) is 3.70.